The van der Waals surface area contributed by atoms with E-state index in [0.717, 1.165) is 0 Å². The smallest absolute Gasteiger partial charge is 0.269 e. The van der Waals surface area contributed by atoms with Crippen molar-refractivity contribution in [1.29, 1.82) is 0 Å². The van der Waals surface area contributed by atoms with Gasteiger partial charge in [0, 0.05) is 24.2 Å². The Hall–Kier alpha value is -3.13. The Morgan fingerprint density at radius 2 is 1.86 bits per heavy atom. The van der Waals surface area contributed by atoms with E-state index in [1.54, 1.807) is 18.2 Å². The highest BCUT2D eigenvalue weighted by Gasteiger charge is 2.15. The molecule has 8 heteroatoms. The van der Waals surface area contributed by atoms with Gasteiger partial charge in [-0.3, -0.25) is 14.9 Å². The molecule has 0 unspecified atom stereocenters. The van der Waals surface area contributed by atoms with Crippen molar-refractivity contribution in [3.63, 3.8) is 0 Å². The van der Waals surface area contributed by atoms with Crippen molar-refractivity contribution in [2.75, 3.05) is 20.3 Å². The first-order valence-electron chi connectivity index (χ1n) is 8.83. The van der Waals surface area contributed by atoms with Crippen LogP contribution in [0.3, 0.4) is 0 Å². The predicted octanol–water partition coefficient (Wildman–Crippen LogP) is 3.10. The predicted molar refractivity (Wildman–Crippen MR) is 104 cm³/mol. The molecule has 0 fully saturated rings. The SMILES string of the molecule is COc1cc(C(=O)NC[C@H](O)c2ccc([N+](=O)[O-])cc2)ccc1OCC(C)C. The summed E-state index contributed by atoms with van der Waals surface area (Å²) in [5, 5.41) is 23.5. The van der Waals surface area contributed by atoms with Crippen LogP contribution < -0.4 is 14.8 Å². The lowest BCUT2D eigenvalue weighted by Crippen LogP contribution is -2.28. The van der Waals surface area contributed by atoms with Crippen LogP contribution in [0.2, 0.25) is 0 Å². The normalized spacial score (nSPS) is 11.8. The Morgan fingerprint density at radius 1 is 1.18 bits per heavy atom. The Labute approximate surface area is 163 Å². The van der Waals surface area contributed by atoms with Crippen molar-refractivity contribution in [3.8, 4) is 11.5 Å². The monoisotopic (exact) mass is 388 g/mol. The number of non-ortho nitro benzene ring substituents is 1. The quantitative estimate of drug-likeness (QED) is 0.504. The minimum Gasteiger partial charge on any atom is -0.493 e. The fourth-order valence-electron chi connectivity index (χ4n) is 2.41. The maximum Gasteiger partial charge on any atom is 0.269 e. The average molecular weight is 388 g/mol. The lowest BCUT2D eigenvalue weighted by atomic mass is 10.1. The number of methoxy groups -OCH3 is 1. The van der Waals surface area contributed by atoms with Crippen molar-refractivity contribution >= 4 is 11.6 Å². The molecule has 0 saturated carbocycles. The van der Waals surface area contributed by atoms with E-state index >= 15 is 0 Å². The van der Waals surface area contributed by atoms with Gasteiger partial charge in [-0.1, -0.05) is 13.8 Å². The third-order valence-corrected chi connectivity index (χ3v) is 3.94. The number of nitro groups is 1. The number of nitro benzene ring substituents is 1. The van der Waals surface area contributed by atoms with Crippen LogP contribution in [0.5, 0.6) is 11.5 Å². The van der Waals surface area contributed by atoms with Gasteiger partial charge in [0.2, 0.25) is 0 Å². The van der Waals surface area contributed by atoms with Gasteiger partial charge in [0.1, 0.15) is 0 Å². The molecule has 0 bridgehead atoms. The second-order valence-corrected chi connectivity index (χ2v) is 6.64. The largest absolute Gasteiger partial charge is 0.493 e. The second-order valence-electron chi connectivity index (χ2n) is 6.64. The molecule has 0 saturated heterocycles. The maximum atomic E-state index is 12.4. The summed E-state index contributed by atoms with van der Waals surface area (Å²) in [5.41, 5.74) is 0.775. The van der Waals surface area contributed by atoms with Gasteiger partial charge >= 0.3 is 0 Å². The van der Waals surface area contributed by atoms with Gasteiger partial charge < -0.3 is 19.9 Å². The van der Waals surface area contributed by atoms with Crippen LogP contribution in [-0.4, -0.2) is 36.2 Å². The zero-order valence-corrected chi connectivity index (χ0v) is 16.0. The highest BCUT2D eigenvalue weighted by atomic mass is 16.6. The molecule has 1 amide bonds. The summed E-state index contributed by atoms with van der Waals surface area (Å²) in [7, 11) is 1.50. The van der Waals surface area contributed by atoms with Gasteiger partial charge in [0.25, 0.3) is 11.6 Å². The van der Waals surface area contributed by atoms with Crippen molar-refractivity contribution in [2.45, 2.75) is 20.0 Å². The molecular formula is C20H24N2O6. The van der Waals surface area contributed by atoms with Gasteiger partial charge in [0.15, 0.2) is 11.5 Å². The molecule has 0 radical (unpaired) electrons. The van der Waals surface area contributed by atoms with E-state index in [4.69, 9.17) is 9.47 Å². The van der Waals surface area contributed by atoms with Crippen LogP contribution in [0, 0.1) is 16.0 Å². The van der Waals surface area contributed by atoms with Gasteiger partial charge in [-0.25, -0.2) is 0 Å². The summed E-state index contributed by atoms with van der Waals surface area (Å²) in [6.07, 6.45) is -0.986. The number of aliphatic hydroxyl groups excluding tert-OH is 1. The summed E-state index contributed by atoms with van der Waals surface area (Å²) in [6, 6.07) is 10.4. The zero-order chi connectivity index (χ0) is 20.7. The van der Waals surface area contributed by atoms with E-state index in [2.05, 4.69) is 5.32 Å². The summed E-state index contributed by atoms with van der Waals surface area (Å²) < 4.78 is 10.9. The molecule has 150 valence electrons. The average Bonchev–Trinajstić information content (AvgIpc) is 2.69. The molecule has 0 aliphatic heterocycles. The number of carbonyl (C=O) groups is 1. The van der Waals surface area contributed by atoms with E-state index in [0.29, 0.717) is 35.2 Å². The summed E-state index contributed by atoms with van der Waals surface area (Å²) >= 11 is 0. The van der Waals surface area contributed by atoms with Gasteiger partial charge in [0.05, 0.1) is 24.7 Å². The second kappa shape index (κ2) is 9.70. The first-order valence-corrected chi connectivity index (χ1v) is 8.83. The van der Waals surface area contributed by atoms with Crippen molar-refractivity contribution in [1.82, 2.24) is 5.32 Å². The van der Waals surface area contributed by atoms with Crippen LogP contribution in [0.25, 0.3) is 0 Å². The Kier molecular flexibility index (Phi) is 7.34. The number of carbonyl (C=O) groups excluding carboxylic acids is 1. The van der Waals surface area contributed by atoms with Crippen molar-refractivity contribution in [2.24, 2.45) is 5.92 Å². The highest BCUT2D eigenvalue weighted by Crippen LogP contribution is 2.28. The molecule has 2 rings (SSSR count). The molecular weight excluding hydrogens is 364 g/mol. The van der Waals surface area contributed by atoms with Crippen LogP contribution in [0.4, 0.5) is 5.69 Å². The van der Waals surface area contributed by atoms with E-state index in [-0.39, 0.29) is 18.1 Å². The molecule has 2 aromatic rings. The third kappa shape index (κ3) is 5.68. The maximum absolute atomic E-state index is 12.4. The Morgan fingerprint density at radius 3 is 2.43 bits per heavy atom. The summed E-state index contributed by atoms with van der Waals surface area (Å²) in [6.45, 7) is 4.56. The molecule has 28 heavy (non-hydrogen) atoms. The number of nitrogens with one attached hydrogen (secondary N) is 1. The first-order chi connectivity index (χ1) is 13.3. The third-order valence-electron chi connectivity index (χ3n) is 3.94. The van der Waals surface area contributed by atoms with Gasteiger partial charge in [-0.15, -0.1) is 0 Å². The molecule has 1 atom stereocenters. The lowest BCUT2D eigenvalue weighted by Gasteiger charge is -2.15. The molecule has 0 aliphatic carbocycles. The number of rotatable bonds is 9. The number of nitrogens with zero attached hydrogens (tertiary/aromatic N) is 1. The molecule has 0 aliphatic rings. The minimum atomic E-state index is -0.986. The topological polar surface area (TPSA) is 111 Å². The Bertz CT molecular complexity index is 820. The number of hydrogen-bond donors (Lipinski definition) is 2. The van der Waals surface area contributed by atoms with Crippen molar-refractivity contribution in [3.05, 3.63) is 63.7 Å². The number of hydrogen-bond acceptors (Lipinski definition) is 6. The summed E-state index contributed by atoms with van der Waals surface area (Å²) in [5.74, 6) is 0.978. The van der Waals surface area contributed by atoms with Gasteiger partial charge in [-0.2, -0.15) is 0 Å². The van der Waals surface area contributed by atoms with Crippen LogP contribution in [0.1, 0.15) is 35.9 Å². The van der Waals surface area contributed by atoms with E-state index < -0.39 is 11.0 Å². The fraction of sp³-hybridized carbons (Fsp3) is 0.350. The van der Waals surface area contributed by atoms with Crippen LogP contribution in [-0.2, 0) is 0 Å². The molecule has 0 aromatic heterocycles. The molecule has 2 aromatic carbocycles. The lowest BCUT2D eigenvalue weighted by molar-refractivity contribution is -0.384. The molecule has 0 spiro atoms. The minimum absolute atomic E-state index is 0.0371. The number of amides is 1. The van der Waals surface area contributed by atoms with E-state index in [1.165, 1.54) is 31.4 Å². The summed E-state index contributed by atoms with van der Waals surface area (Å²) in [4.78, 5) is 22.5. The Balaban J connectivity index is 1.99. The van der Waals surface area contributed by atoms with Crippen LogP contribution >= 0.6 is 0 Å². The molecule has 0 heterocycles. The number of ether oxygens (including phenoxy) is 2. The van der Waals surface area contributed by atoms with E-state index in [9.17, 15) is 20.0 Å². The number of benzene rings is 2. The van der Waals surface area contributed by atoms with Gasteiger partial charge in [-0.05, 0) is 41.8 Å². The first kappa shape index (κ1) is 21.2. The number of aliphatic hydroxyl groups is 1. The van der Waals surface area contributed by atoms with Crippen molar-refractivity contribution < 1.29 is 24.3 Å². The standard InChI is InChI=1S/C20H24N2O6/c1-13(2)12-28-18-9-6-15(10-19(18)27-3)20(24)21-11-17(23)14-4-7-16(8-5-14)22(25)26/h4-10,13,17,23H,11-12H2,1-3H3,(H,21,24)/t17-/m0/s1. The van der Waals surface area contributed by atoms with E-state index in [1.807, 2.05) is 13.8 Å². The molecule has 2 N–H and O–H groups in total. The zero-order valence-electron chi connectivity index (χ0n) is 16.0. The van der Waals surface area contributed by atoms with Crippen LogP contribution in [0.15, 0.2) is 42.5 Å². The fourth-order valence-corrected chi connectivity index (χ4v) is 2.41. The highest BCUT2D eigenvalue weighted by molar-refractivity contribution is 5.94. The molecule has 8 nitrogen and oxygen atoms in total.